The topological polar surface area (TPSA) is 72.2 Å². The van der Waals surface area contributed by atoms with E-state index in [0.29, 0.717) is 23.9 Å². The number of aryl methyl sites for hydroxylation is 1. The Morgan fingerprint density at radius 1 is 1.38 bits per heavy atom. The lowest BCUT2D eigenvalue weighted by Gasteiger charge is -2.16. The Hall–Kier alpha value is -1.14. The molecule has 118 valence electrons. The number of rotatable bonds is 4. The van der Waals surface area contributed by atoms with Gasteiger partial charge in [-0.2, -0.15) is 0 Å². The molecule has 1 aromatic carbocycles. The van der Waals surface area contributed by atoms with Gasteiger partial charge < -0.3 is 5.73 Å². The largest absolute Gasteiger partial charge is 0.396 e. The minimum atomic E-state index is -3.66. The van der Waals surface area contributed by atoms with Crippen molar-refractivity contribution in [3.05, 3.63) is 23.0 Å². The van der Waals surface area contributed by atoms with Gasteiger partial charge in [-0.25, -0.2) is 17.5 Å². The Labute approximate surface area is 126 Å². The molecule has 0 saturated heterocycles. The van der Waals surface area contributed by atoms with Crippen LogP contribution < -0.4 is 10.5 Å². The van der Waals surface area contributed by atoms with Crippen LogP contribution in [0.5, 0.6) is 0 Å². The minimum Gasteiger partial charge on any atom is -0.396 e. The molecule has 0 aliphatic heterocycles. The Morgan fingerprint density at radius 3 is 2.62 bits per heavy atom. The van der Waals surface area contributed by atoms with Crippen molar-refractivity contribution in [1.82, 2.24) is 4.72 Å². The molecule has 0 amide bonds. The number of sulfonamides is 1. The number of anilines is 1. The highest BCUT2D eigenvalue weighted by atomic mass is 32.2. The van der Waals surface area contributed by atoms with E-state index in [-0.39, 0.29) is 16.1 Å². The van der Waals surface area contributed by atoms with Gasteiger partial charge >= 0.3 is 0 Å². The Bertz CT molecular complexity index is 644. The number of halogens is 1. The summed E-state index contributed by atoms with van der Waals surface area (Å²) >= 11 is 0. The van der Waals surface area contributed by atoms with Crippen LogP contribution in [-0.4, -0.2) is 15.0 Å². The summed E-state index contributed by atoms with van der Waals surface area (Å²) in [5.41, 5.74) is 6.17. The van der Waals surface area contributed by atoms with Crippen LogP contribution in [0, 0.1) is 31.5 Å². The molecule has 1 saturated carbocycles. The molecule has 2 rings (SSSR count). The highest BCUT2D eigenvalue weighted by molar-refractivity contribution is 7.89. The number of hydrogen-bond acceptors (Lipinski definition) is 3. The molecule has 3 N–H and O–H groups in total. The molecule has 0 spiro atoms. The molecule has 1 aliphatic rings. The second-order valence-corrected chi connectivity index (χ2v) is 7.88. The predicted octanol–water partition coefficient (Wildman–Crippen LogP) is 2.74. The highest BCUT2D eigenvalue weighted by Gasteiger charge is 2.26. The first-order chi connectivity index (χ1) is 9.72. The lowest BCUT2D eigenvalue weighted by molar-refractivity contribution is 0.498. The van der Waals surface area contributed by atoms with Gasteiger partial charge in [0.05, 0.1) is 10.6 Å². The van der Waals surface area contributed by atoms with E-state index in [9.17, 15) is 12.8 Å². The zero-order valence-corrected chi connectivity index (χ0v) is 13.6. The summed E-state index contributed by atoms with van der Waals surface area (Å²) in [5, 5.41) is 0. The van der Waals surface area contributed by atoms with Gasteiger partial charge in [0, 0.05) is 6.54 Å². The third-order valence-corrected chi connectivity index (χ3v) is 6.05. The van der Waals surface area contributed by atoms with Gasteiger partial charge in [-0.05, 0) is 55.7 Å². The molecule has 6 heteroatoms. The van der Waals surface area contributed by atoms with Crippen LogP contribution in [0.15, 0.2) is 11.0 Å². The summed E-state index contributed by atoms with van der Waals surface area (Å²) in [5.74, 6) is 0.464. The second kappa shape index (κ2) is 5.93. The maximum atomic E-state index is 13.5. The molecule has 4 nitrogen and oxygen atoms in total. The highest BCUT2D eigenvalue weighted by Crippen LogP contribution is 2.31. The lowest BCUT2D eigenvalue weighted by atomic mass is 10.1. The molecule has 0 radical (unpaired) electrons. The number of benzene rings is 1. The average molecular weight is 314 g/mol. The van der Waals surface area contributed by atoms with Crippen LogP contribution in [-0.2, 0) is 10.0 Å². The molecule has 21 heavy (non-hydrogen) atoms. The second-order valence-electron chi connectivity index (χ2n) is 6.18. The zero-order valence-electron chi connectivity index (χ0n) is 12.7. The number of nitrogen functional groups attached to an aromatic ring is 1. The van der Waals surface area contributed by atoms with E-state index in [2.05, 4.69) is 11.6 Å². The number of nitrogens with one attached hydrogen (secondary N) is 1. The monoisotopic (exact) mass is 314 g/mol. The summed E-state index contributed by atoms with van der Waals surface area (Å²) in [7, 11) is -3.66. The van der Waals surface area contributed by atoms with Crippen molar-refractivity contribution in [2.75, 3.05) is 12.3 Å². The van der Waals surface area contributed by atoms with Crippen LogP contribution in [0.25, 0.3) is 0 Å². The van der Waals surface area contributed by atoms with E-state index in [1.54, 1.807) is 6.92 Å². The van der Waals surface area contributed by atoms with Crippen molar-refractivity contribution in [2.45, 2.75) is 44.9 Å². The third-order valence-electron chi connectivity index (χ3n) is 4.34. The minimum absolute atomic E-state index is 0.101. The molecule has 0 heterocycles. The summed E-state index contributed by atoms with van der Waals surface area (Å²) < 4.78 is 41.2. The van der Waals surface area contributed by atoms with Gasteiger partial charge in [-0.3, -0.25) is 0 Å². The van der Waals surface area contributed by atoms with Gasteiger partial charge in [0.2, 0.25) is 10.0 Å². The fourth-order valence-electron chi connectivity index (χ4n) is 3.15. The first-order valence-electron chi connectivity index (χ1n) is 7.27. The van der Waals surface area contributed by atoms with E-state index in [1.807, 2.05) is 0 Å². The van der Waals surface area contributed by atoms with E-state index in [4.69, 9.17) is 5.73 Å². The maximum absolute atomic E-state index is 13.5. The summed E-state index contributed by atoms with van der Waals surface area (Å²) in [6.07, 6.45) is 3.24. The van der Waals surface area contributed by atoms with Crippen molar-refractivity contribution >= 4 is 15.7 Å². The van der Waals surface area contributed by atoms with Crippen LogP contribution >= 0.6 is 0 Å². The SMILES string of the molecule is Cc1cc(F)c(N)c(C)c1S(=O)(=O)NCC1CCC(C)C1. The van der Waals surface area contributed by atoms with Crippen molar-refractivity contribution < 1.29 is 12.8 Å². The maximum Gasteiger partial charge on any atom is 0.241 e. The normalized spacial score (nSPS) is 22.7. The van der Waals surface area contributed by atoms with E-state index in [0.717, 1.165) is 19.3 Å². The van der Waals surface area contributed by atoms with Gasteiger partial charge in [0.1, 0.15) is 5.82 Å². The van der Waals surface area contributed by atoms with E-state index >= 15 is 0 Å². The quantitative estimate of drug-likeness (QED) is 0.839. The summed E-state index contributed by atoms with van der Waals surface area (Å²) in [6.45, 7) is 5.74. The molecule has 2 atom stereocenters. The molecule has 0 bridgehead atoms. The van der Waals surface area contributed by atoms with Gasteiger partial charge in [-0.1, -0.05) is 13.3 Å². The van der Waals surface area contributed by atoms with Crippen molar-refractivity contribution in [1.29, 1.82) is 0 Å². The smallest absolute Gasteiger partial charge is 0.241 e. The molecule has 0 aromatic heterocycles. The van der Waals surface area contributed by atoms with Crippen molar-refractivity contribution in [2.24, 2.45) is 11.8 Å². The van der Waals surface area contributed by atoms with E-state index < -0.39 is 15.8 Å². The first kappa shape index (κ1) is 16.2. The Kier molecular flexibility index (Phi) is 4.58. The first-order valence-corrected chi connectivity index (χ1v) is 8.75. The van der Waals surface area contributed by atoms with Crippen molar-refractivity contribution in [3.63, 3.8) is 0 Å². The lowest BCUT2D eigenvalue weighted by Crippen LogP contribution is -2.30. The standard InChI is InChI=1S/C15H23FN2O2S/c1-9-4-5-12(6-9)8-18-21(19,20)15-10(2)7-13(16)14(17)11(15)3/h7,9,12,18H,4-6,8,17H2,1-3H3. The summed E-state index contributed by atoms with van der Waals surface area (Å²) in [6, 6.07) is 1.18. The third kappa shape index (κ3) is 3.37. The van der Waals surface area contributed by atoms with E-state index in [1.165, 1.54) is 13.0 Å². The van der Waals surface area contributed by atoms with Gasteiger partial charge in [0.15, 0.2) is 0 Å². The van der Waals surface area contributed by atoms with Crippen molar-refractivity contribution in [3.8, 4) is 0 Å². The van der Waals surface area contributed by atoms with Crippen LogP contribution in [0.3, 0.4) is 0 Å². The molecular formula is C15H23FN2O2S. The predicted molar refractivity (Wildman–Crippen MR) is 82.0 cm³/mol. The van der Waals surface area contributed by atoms with Crippen LogP contribution in [0.1, 0.15) is 37.3 Å². The van der Waals surface area contributed by atoms with Crippen LogP contribution in [0.2, 0.25) is 0 Å². The Morgan fingerprint density at radius 2 is 2.05 bits per heavy atom. The number of nitrogens with two attached hydrogens (primary N) is 1. The molecular weight excluding hydrogens is 291 g/mol. The fraction of sp³-hybridized carbons (Fsp3) is 0.600. The van der Waals surface area contributed by atoms with Gasteiger partial charge in [0.25, 0.3) is 0 Å². The molecule has 1 aliphatic carbocycles. The van der Waals surface area contributed by atoms with Crippen LogP contribution in [0.4, 0.5) is 10.1 Å². The zero-order chi connectivity index (χ0) is 15.8. The average Bonchev–Trinajstić information content (AvgIpc) is 2.79. The molecule has 1 aromatic rings. The molecule has 1 fully saturated rings. The summed E-state index contributed by atoms with van der Waals surface area (Å²) in [4.78, 5) is 0.104. The fourth-order valence-corrected chi connectivity index (χ4v) is 4.75. The van der Waals surface area contributed by atoms with Gasteiger partial charge in [-0.15, -0.1) is 0 Å². The number of hydrogen-bond donors (Lipinski definition) is 2. The Balaban J connectivity index is 2.22. The molecule has 2 unspecified atom stereocenters.